The van der Waals surface area contributed by atoms with Gasteiger partial charge >= 0.3 is 0 Å². The van der Waals surface area contributed by atoms with Crippen LogP contribution in [-0.4, -0.2) is 27.9 Å². The van der Waals surface area contributed by atoms with Gasteiger partial charge in [-0.2, -0.15) is 5.10 Å². The standard InChI is InChI=1S/C11H13N4O2/c1-9(16)13(2)11-6-12-15(8-11)10-4-3-5-14(17)7-10/h3-8,17H,1-2H3/q+1. The van der Waals surface area contributed by atoms with Gasteiger partial charge in [0.25, 0.3) is 0 Å². The van der Waals surface area contributed by atoms with E-state index in [0.717, 1.165) is 4.73 Å². The Bertz CT molecular complexity index is 550. The van der Waals surface area contributed by atoms with E-state index in [2.05, 4.69) is 5.10 Å². The molecule has 1 N–H and O–H groups in total. The molecule has 0 atom stereocenters. The second-order valence-electron chi connectivity index (χ2n) is 3.66. The molecule has 0 saturated carbocycles. The van der Waals surface area contributed by atoms with Crippen LogP contribution in [0.25, 0.3) is 5.69 Å². The molecular formula is C11H13N4O2+. The normalized spacial score (nSPS) is 10.2. The van der Waals surface area contributed by atoms with Crippen LogP contribution in [0, 0.1) is 0 Å². The van der Waals surface area contributed by atoms with Gasteiger partial charge in [-0.3, -0.25) is 10.0 Å². The van der Waals surface area contributed by atoms with Crippen molar-refractivity contribution < 1.29 is 14.7 Å². The summed E-state index contributed by atoms with van der Waals surface area (Å²) in [5, 5.41) is 13.4. The Kier molecular flexibility index (Phi) is 2.78. The highest BCUT2D eigenvalue weighted by Gasteiger charge is 2.10. The van der Waals surface area contributed by atoms with Gasteiger partial charge in [0.05, 0.1) is 18.1 Å². The Morgan fingerprint density at radius 1 is 1.59 bits per heavy atom. The Balaban J connectivity index is 2.33. The lowest BCUT2D eigenvalue weighted by atomic mass is 10.4. The molecule has 0 saturated heterocycles. The van der Waals surface area contributed by atoms with Gasteiger partial charge in [0, 0.05) is 24.8 Å². The van der Waals surface area contributed by atoms with Gasteiger partial charge < -0.3 is 4.90 Å². The summed E-state index contributed by atoms with van der Waals surface area (Å²) < 4.78 is 2.53. The first-order valence-electron chi connectivity index (χ1n) is 5.08. The molecule has 17 heavy (non-hydrogen) atoms. The minimum atomic E-state index is -0.0603. The Morgan fingerprint density at radius 2 is 2.35 bits per heavy atom. The second-order valence-corrected chi connectivity index (χ2v) is 3.66. The summed E-state index contributed by atoms with van der Waals surface area (Å²) >= 11 is 0. The van der Waals surface area contributed by atoms with E-state index in [1.165, 1.54) is 24.2 Å². The number of amides is 1. The first kappa shape index (κ1) is 11.1. The zero-order valence-electron chi connectivity index (χ0n) is 9.61. The monoisotopic (exact) mass is 233 g/mol. The van der Waals surface area contributed by atoms with Crippen molar-refractivity contribution in [2.75, 3.05) is 11.9 Å². The van der Waals surface area contributed by atoms with E-state index in [4.69, 9.17) is 0 Å². The number of rotatable bonds is 2. The van der Waals surface area contributed by atoms with Crippen LogP contribution in [0.1, 0.15) is 6.92 Å². The lowest BCUT2D eigenvalue weighted by Crippen LogP contribution is -2.29. The zero-order chi connectivity index (χ0) is 12.4. The summed E-state index contributed by atoms with van der Waals surface area (Å²) in [6, 6.07) is 3.50. The van der Waals surface area contributed by atoms with Gasteiger partial charge in [0.2, 0.25) is 18.3 Å². The van der Waals surface area contributed by atoms with E-state index in [1.807, 2.05) is 0 Å². The van der Waals surface area contributed by atoms with Crippen molar-refractivity contribution >= 4 is 11.6 Å². The average Bonchev–Trinajstić information content (AvgIpc) is 2.77. The maximum atomic E-state index is 11.2. The quantitative estimate of drug-likeness (QED) is 0.602. The van der Waals surface area contributed by atoms with E-state index >= 15 is 0 Å². The lowest BCUT2D eigenvalue weighted by molar-refractivity contribution is -0.904. The molecule has 0 radical (unpaired) electrons. The predicted molar refractivity (Wildman–Crippen MR) is 60.0 cm³/mol. The number of hydrogen-bond donors (Lipinski definition) is 1. The molecule has 0 aliphatic rings. The third-order valence-electron chi connectivity index (χ3n) is 2.46. The minimum absolute atomic E-state index is 0.0603. The van der Waals surface area contributed by atoms with Crippen LogP contribution in [0.3, 0.4) is 0 Å². The SMILES string of the molecule is CC(=O)N(C)c1cnn(-c2ccc[n+](O)c2)c1. The van der Waals surface area contributed by atoms with Crippen molar-refractivity contribution in [3.8, 4) is 5.69 Å². The fraction of sp³-hybridized carbons (Fsp3) is 0.182. The maximum Gasteiger partial charge on any atom is 0.247 e. The molecule has 0 bridgehead atoms. The predicted octanol–water partition coefficient (Wildman–Crippen LogP) is 0.380. The Labute approximate surface area is 98.3 Å². The highest BCUT2D eigenvalue weighted by atomic mass is 16.5. The molecule has 2 aromatic heterocycles. The molecule has 0 aliphatic carbocycles. The molecule has 1 amide bonds. The number of hydrogen-bond acceptors (Lipinski definition) is 3. The van der Waals surface area contributed by atoms with Crippen molar-refractivity contribution in [3.05, 3.63) is 36.9 Å². The van der Waals surface area contributed by atoms with E-state index < -0.39 is 0 Å². The largest absolute Gasteiger partial charge is 0.313 e. The third kappa shape index (κ3) is 2.25. The molecule has 2 aromatic rings. The molecule has 2 rings (SSSR count). The van der Waals surface area contributed by atoms with Crippen LogP contribution in [0.15, 0.2) is 36.9 Å². The van der Waals surface area contributed by atoms with Crippen molar-refractivity contribution in [3.63, 3.8) is 0 Å². The highest BCUT2D eigenvalue weighted by Crippen LogP contribution is 2.13. The third-order valence-corrected chi connectivity index (χ3v) is 2.46. The first-order chi connectivity index (χ1) is 8.08. The number of pyridine rings is 1. The van der Waals surface area contributed by atoms with Crippen molar-refractivity contribution in [1.29, 1.82) is 0 Å². The number of carbonyl (C=O) groups is 1. The highest BCUT2D eigenvalue weighted by molar-refractivity contribution is 5.90. The summed E-state index contributed by atoms with van der Waals surface area (Å²) in [5.41, 5.74) is 1.41. The van der Waals surface area contributed by atoms with Gasteiger partial charge in [-0.15, -0.1) is 0 Å². The van der Waals surface area contributed by atoms with E-state index in [9.17, 15) is 10.0 Å². The summed E-state index contributed by atoms with van der Waals surface area (Å²) in [6.45, 7) is 1.49. The van der Waals surface area contributed by atoms with Crippen LogP contribution < -0.4 is 9.63 Å². The maximum absolute atomic E-state index is 11.2. The van der Waals surface area contributed by atoms with E-state index in [1.54, 1.807) is 36.3 Å². The molecule has 0 aliphatic heterocycles. The molecule has 0 unspecified atom stereocenters. The molecule has 88 valence electrons. The topological polar surface area (TPSA) is 62.2 Å². The molecule has 0 spiro atoms. The summed E-state index contributed by atoms with van der Waals surface area (Å²) in [4.78, 5) is 12.7. The molecule has 6 heteroatoms. The number of carbonyl (C=O) groups excluding carboxylic acids is 1. The zero-order valence-corrected chi connectivity index (χ0v) is 9.61. The number of anilines is 1. The smallest absolute Gasteiger partial charge is 0.247 e. The van der Waals surface area contributed by atoms with Gasteiger partial charge in [-0.05, 0) is 6.07 Å². The van der Waals surface area contributed by atoms with Crippen molar-refractivity contribution in [2.24, 2.45) is 0 Å². The summed E-state index contributed by atoms with van der Waals surface area (Å²) in [7, 11) is 1.68. The molecular weight excluding hydrogens is 220 g/mol. The van der Waals surface area contributed by atoms with Crippen LogP contribution in [0.4, 0.5) is 5.69 Å². The summed E-state index contributed by atoms with van der Waals surface area (Å²) in [5.74, 6) is -0.0603. The van der Waals surface area contributed by atoms with Crippen LogP contribution in [-0.2, 0) is 4.79 Å². The molecule has 2 heterocycles. The van der Waals surface area contributed by atoms with Gasteiger partial charge in [-0.25, -0.2) is 4.68 Å². The molecule has 6 nitrogen and oxygen atoms in total. The van der Waals surface area contributed by atoms with Gasteiger partial charge in [-0.1, -0.05) is 0 Å². The fourth-order valence-electron chi connectivity index (χ4n) is 1.40. The summed E-state index contributed by atoms with van der Waals surface area (Å²) in [6.07, 6.45) is 6.34. The first-order valence-corrected chi connectivity index (χ1v) is 5.08. The van der Waals surface area contributed by atoms with Gasteiger partial charge in [0.15, 0.2) is 0 Å². The number of nitrogens with zero attached hydrogens (tertiary/aromatic N) is 4. The van der Waals surface area contributed by atoms with Crippen LogP contribution >= 0.6 is 0 Å². The molecule has 0 fully saturated rings. The Morgan fingerprint density at radius 3 is 3.00 bits per heavy atom. The Hall–Kier alpha value is -2.37. The number of aromatic nitrogens is 3. The van der Waals surface area contributed by atoms with Crippen molar-refractivity contribution in [1.82, 2.24) is 9.78 Å². The van der Waals surface area contributed by atoms with Crippen LogP contribution in [0.5, 0.6) is 0 Å². The lowest BCUT2D eigenvalue weighted by Gasteiger charge is -2.10. The average molecular weight is 233 g/mol. The van der Waals surface area contributed by atoms with Crippen LogP contribution in [0.2, 0.25) is 0 Å². The van der Waals surface area contributed by atoms with E-state index in [0.29, 0.717) is 11.4 Å². The second kappa shape index (κ2) is 4.25. The fourth-order valence-corrected chi connectivity index (χ4v) is 1.40. The minimum Gasteiger partial charge on any atom is -0.313 e. The van der Waals surface area contributed by atoms with Gasteiger partial charge in [0.1, 0.15) is 5.69 Å². The van der Waals surface area contributed by atoms with E-state index in [-0.39, 0.29) is 5.91 Å². The van der Waals surface area contributed by atoms with Crippen molar-refractivity contribution in [2.45, 2.75) is 6.92 Å². The molecule has 0 aromatic carbocycles.